The van der Waals surface area contributed by atoms with Crippen LogP contribution in [-0.4, -0.2) is 37.0 Å². The number of benzene rings is 1. The van der Waals surface area contributed by atoms with Crippen LogP contribution < -0.4 is 0 Å². The monoisotopic (exact) mass is 275 g/mol. The summed E-state index contributed by atoms with van der Waals surface area (Å²) < 4.78 is 4.75. The molecule has 0 atom stereocenters. The highest BCUT2D eigenvalue weighted by Gasteiger charge is 2.28. The van der Waals surface area contributed by atoms with Crippen molar-refractivity contribution in [2.24, 2.45) is 5.92 Å². The lowest BCUT2D eigenvalue weighted by Gasteiger charge is -2.30. The zero-order chi connectivity index (χ0) is 14.5. The highest BCUT2D eigenvalue weighted by atomic mass is 16.5. The summed E-state index contributed by atoms with van der Waals surface area (Å²) in [7, 11) is 1.41. The van der Waals surface area contributed by atoms with Crippen LogP contribution in [0.2, 0.25) is 0 Å². The first-order chi connectivity index (χ1) is 9.65. The minimum absolute atomic E-state index is 0.0518. The number of carbonyl (C=O) groups excluding carboxylic acids is 2. The van der Waals surface area contributed by atoms with Crippen LogP contribution in [0.3, 0.4) is 0 Å². The van der Waals surface area contributed by atoms with Crippen LogP contribution in [0.15, 0.2) is 24.3 Å². The van der Waals surface area contributed by atoms with Crippen molar-refractivity contribution < 1.29 is 14.3 Å². The highest BCUT2D eigenvalue weighted by molar-refractivity contribution is 5.94. The van der Waals surface area contributed by atoms with Crippen LogP contribution in [0.5, 0.6) is 0 Å². The van der Waals surface area contributed by atoms with E-state index in [0.29, 0.717) is 25.9 Å². The molecule has 20 heavy (non-hydrogen) atoms. The largest absolute Gasteiger partial charge is 0.469 e. The molecule has 4 heteroatoms. The Kier molecular flexibility index (Phi) is 4.77. The van der Waals surface area contributed by atoms with E-state index in [9.17, 15) is 9.59 Å². The van der Waals surface area contributed by atoms with E-state index >= 15 is 0 Å². The molecule has 0 spiro atoms. The Hall–Kier alpha value is -1.84. The van der Waals surface area contributed by atoms with E-state index in [2.05, 4.69) is 6.92 Å². The number of amides is 1. The van der Waals surface area contributed by atoms with E-state index in [-0.39, 0.29) is 17.8 Å². The molecule has 0 radical (unpaired) electrons. The van der Waals surface area contributed by atoms with Crippen molar-refractivity contribution in [3.63, 3.8) is 0 Å². The standard InChI is InChI=1S/C16H21NO3/c1-3-12-4-6-13(7-5-12)15(18)17-10-8-14(9-11-17)16(19)20-2/h4-7,14H,3,8-11H2,1-2H3. The van der Waals surface area contributed by atoms with Crippen molar-refractivity contribution >= 4 is 11.9 Å². The minimum atomic E-state index is -0.163. The third-order valence-corrected chi connectivity index (χ3v) is 3.93. The number of nitrogens with zero attached hydrogens (tertiary/aromatic N) is 1. The third-order valence-electron chi connectivity index (χ3n) is 3.93. The van der Waals surface area contributed by atoms with Gasteiger partial charge in [0, 0.05) is 18.7 Å². The predicted octanol–water partition coefficient (Wildman–Crippen LogP) is 2.27. The number of ether oxygens (including phenoxy) is 1. The van der Waals surface area contributed by atoms with Crippen LogP contribution >= 0.6 is 0 Å². The van der Waals surface area contributed by atoms with E-state index in [1.165, 1.54) is 12.7 Å². The summed E-state index contributed by atoms with van der Waals surface area (Å²) >= 11 is 0. The van der Waals surface area contributed by atoms with Gasteiger partial charge < -0.3 is 9.64 Å². The van der Waals surface area contributed by atoms with Crippen molar-refractivity contribution in [3.05, 3.63) is 35.4 Å². The van der Waals surface area contributed by atoms with Gasteiger partial charge >= 0.3 is 5.97 Å². The molecule has 0 aromatic heterocycles. The molecule has 1 fully saturated rings. The van der Waals surface area contributed by atoms with Crippen LogP contribution in [-0.2, 0) is 16.0 Å². The second-order valence-electron chi connectivity index (χ2n) is 5.14. The van der Waals surface area contributed by atoms with Crippen molar-refractivity contribution in [3.8, 4) is 0 Å². The van der Waals surface area contributed by atoms with Crippen LogP contribution in [0.25, 0.3) is 0 Å². The number of hydrogen-bond donors (Lipinski definition) is 0. The molecule has 1 heterocycles. The zero-order valence-corrected chi connectivity index (χ0v) is 12.1. The molecule has 1 aliphatic heterocycles. The van der Waals surface area contributed by atoms with Crippen molar-refractivity contribution in [2.45, 2.75) is 26.2 Å². The number of methoxy groups -OCH3 is 1. The minimum Gasteiger partial charge on any atom is -0.469 e. The second-order valence-corrected chi connectivity index (χ2v) is 5.14. The maximum atomic E-state index is 12.4. The summed E-state index contributed by atoms with van der Waals surface area (Å²) in [4.78, 5) is 25.6. The van der Waals surface area contributed by atoms with E-state index in [4.69, 9.17) is 4.74 Å². The number of likely N-dealkylation sites (tertiary alicyclic amines) is 1. The lowest BCUT2D eigenvalue weighted by atomic mass is 9.96. The molecule has 0 aliphatic carbocycles. The van der Waals surface area contributed by atoms with Gasteiger partial charge in [-0.2, -0.15) is 0 Å². The van der Waals surface area contributed by atoms with Gasteiger partial charge in [0.2, 0.25) is 0 Å². The summed E-state index contributed by atoms with van der Waals surface area (Å²) in [5.74, 6) is -0.174. The van der Waals surface area contributed by atoms with Gasteiger partial charge in [0.15, 0.2) is 0 Å². The number of esters is 1. The molecule has 1 aromatic rings. The fourth-order valence-corrected chi connectivity index (χ4v) is 2.55. The fourth-order valence-electron chi connectivity index (χ4n) is 2.55. The van der Waals surface area contributed by atoms with Gasteiger partial charge in [0.05, 0.1) is 13.0 Å². The Balaban J connectivity index is 1.95. The van der Waals surface area contributed by atoms with Crippen molar-refractivity contribution in [1.82, 2.24) is 4.90 Å². The Morgan fingerprint density at radius 1 is 1.20 bits per heavy atom. The first-order valence-corrected chi connectivity index (χ1v) is 7.11. The van der Waals surface area contributed by atoms with Crippen molar-refractivity contribution in [1.29, 1.82) is 0 Å². The van der Waals surface area contributed by atoms with Gasteiger partial charge in [-0.15, -0.1) is 0 Å². The number of rotatable bonds is 3. The average molecular weight is 275 g/mol. The second kappa shape index (κ2) is 6.55. The summed E-state index contributed by atoms with van der Waals surface area (Å²) in [6, 6.07) is 7.75. The maximum Gasteiger partial charge on any atom is 0.308 e. The molecule has 1 aromatic carbocycles. The Morgan fingerprint density at radius 3 is 2.30 bits per heavy atom. The molecular weight excluding hydrogens is 254 g/mol. The smallest absolute Gasteiger partial charge is 0.308 e. The molecule has 0 saturated carbocycles. The lowest BCUT2D eigenvalue weighted by molar-refractivity contribution is -0.146. The molecule has 0 bridgehead atoms. The van der Waals surface area contributed by atoms with Crippen LogP contribution in [0.4, 0.5) is 0 Å². The zero-order valence-electron chi connectivity index (χ0n) is 12.1. The Bertz CT molecular complexity index is 473. The number of hydrogen-bond acceptors (Lipinski definition) is 3. The SMILES string of the molecule is CCc1ccc(C(=O)N2CCC(C(=O)OC)CC2)cc1. The third kappa shape index (κ3) is 3.18. The number of carbonyl (C=O) groups is 2. The predicted molar refractivity (Wildman–Crippen MR) is 76.5 cm³/mol. The molecule has 1 saturated heterocycles. The summed E-state index contributed by atoms with van der Waals surface area (Å²) in [5.41, 5.74) is 1.95. The van der Waals surface area contributed by atoms with E-state index < -0.39 is 0 Å². The van der Waals surface area contributed by atoms with Gasteiger partial charge in [0.25, 0.3) is 5.91 Å². The molecule has 1 aliphatic rings. The molecule has 0 unspecified atom stereocenters. The lowest BCUT2D eigenvalue weighted by Crippen LogP contribution is -2.40. The molecule has 1 amide bonds. The van der Waals surface area contributed by atoms with Gasteiger partial charge in [-0.3, -0.25) is 9.59 Å². The van der Waals surface area contributed by atoms with Crippen LogP contribution in [0, 0.1) is 5.92 Å². The molecule has 0 N–H and O–H groups in total. The maximum absolute atomic E-state index is 12.4. The van der Waals surface area contributed by atoms with E-state index in [1.807, 2.05) is 29.2 Å². The van der Waals surface area contributed by atoms with Gasteiger partial charge in [-0.25, -0.2) is 0 Å². The van der Waals surface area contributed by atoms with E-state index in [0.717, 1.165) is 12.0 Å². The topological polar surface area (TPSA) is 46.6 Å². The first kappa shape index (κ1) is 14.6. The summed E-state index contributed by atoms with van der Waals surface area (Å²) in [6.45, 7) is 3.33. The first-order valence-electron chi connectivity index (χ1n) is 7.11. The summed E-state index contributed by atoms with van der Waals surface area (Å²) in [6.07, 6.45) is 2.34. The van der Waals surface area contributed by atoms with Gasteiger partial charge in [-0.05, 0) is 37.0 Å². The van der Waals surface area contributed by atoms with Crippen molar-refractivity contribution in [2.75, 3.05) is 20.2 Å². The summed E-state index contributed by atoms with van der Waals surface area (Å²) in [5, 5.41) is 0. The Labute approximate surface area is 119 Å². The molecule has 108 valence electrons. The normalized spacial score (nSPS) is 16.0. The number of piperidine rings is 1. The highest BCUT2D eigenvalue weighted by Crippen LogP contribution is 2.20. The Morgan fingerprint density at radius 2 is 1.80 bits per heavy atom. The van der Waals surface area contributed by atoms with E-state index in [1.54, 1.807) is 0 Å². The quantitative estimate of drug-likeness (QED) is 0.795. The van der Waals surface area contributed by atoms with Gasteiger partial charge in [0.1, 0.15) is 0 Å². The number of aryl methyl sites for hydroxylation is 1. The average Bonchev–Trinajstić information content (AvgIpc) is 2.53. The molecular formula is C16H21NO3. The fraction of sp³-hybridized carbons (Fsp3) is 0.500. The molecule has 2 rings (SSSR count). The van der Waals surface area contributed by atoms with Crippen LogP contribution in [0.1, 0.15) is 35.7 Å². The molecule has 4 nitrogen and oxygen atoms in total. The van der Waals surface area contributed by atoms with Gasteiger partial charge in [-0.1, -0.05) is 19.1 Å².